The van der Waals surface area contributed by atoms with Gasteiger partial charge in [-0.1, -0.05) is 11.6 Å². The number of aryl methyl sites for hydroxylation is 1. The summed E-state index contributed by atoms with van der Waals surface area (Å²) in [6.07, 6.45) is 1.58. The van der Waals surface area contributed by atoms with Gasteiger partial charge in [-0.2, -0.15) is 5.10 Å². The van der Waals surface area contributed by atoms with Crippen LogP contribution in [-0.2, 0) is 11.8 Å². The highest BCUT2D eigenvalue weighted by Gasteiger charge is 2.14. The molecule has 1 unspecified atom stereocenters. The molecule has 0 aliphatic heterocycles. The van der Waals surface area contributed by atoms with E-state index in [0.717, 1.165) is 17.0 Å². The summed E-state index contributed by atoms with van der Waals surface area (Å²) in [6.45, 7) is 3.86. The quantitative estimate of drug-likeness (QED) is 0.801. The maximum atomic E-state index is 6.03. The molecule has 5 nitrogen and oxygen atoms in total. The number of methoxy groups -OCH3 is 1. The molecule has 0 fully saturated rings. The molecule has 2 heterocycles. The molecule has 0 N–H and O–H groups in total. The lowest BCUT2D eigenvalue weighted by atomic mass is 10.2. The van der Waals surface area contributed by atoms with E-state index in [1.807, 2.05) is 20.9 Å². The Hall–Kier alpha value is -1.46. The third-order valence-corrected chi connectivity index (χ3v) is 3.13. The summed E-state index contributed by atoms with van der Waals surface area (Å²) in [7, 11) is 3.50. The van der Waals surface area contributed by atoms with Crippen molar-refractivity contribution in [3.8, 4) is 11.3 Å². The van der Waals surface area contributed by atoms with E-state index in [1.165, 1.54) is 0 Å². The maximum Gasteiger partial charge on any atom is 0.159 e. The monoisotopic (exact) mass is 266 g/mol. The van der Waals surface area contributed by atoms with Gasteiger partial charge in [0.05, 0.1) is 11.9 Å². The first-order chi connectivity index (χ1) is 8.52. The van der Waals surface area contributed by atoms with Crippen LogP contribution in [0.4, 0.5) is 0 Å². The first-order valence-electron chi connectivity index (χ1n) is 5.59. The Bertz CT molecular complexity index is 567. The van der Waals surface area contributed by atoms with Crippen LogP contribution < -0.4 is 0 Å². The molecule has 6 heteroatoms. The smallest absolute Gasteiger partial charge is 0.159 e. The van der Waals surface area contributed by atoms with E-state index >= 15 is 0 Å². The van der Waals surface area contributed by atoms with Crippen molar-refractivity contribution < 1.29 is 4.74 Å². The van der Waals surface area contributed by atoms with E-state index in [4.69, 9.17) is 16.3 Å². The van der Waals surface area contributed by atoms with E-state index in [1.54, 1.807) is 24.1 Å². The Kier molecular flexibility index (Phi) is 3.63. The van der Waals surface area contributed by atoms with Crippen LogP contribution in [0.25, 0.3) is 11.3 Å². The SMILES string of the molecule is COC(C)c1nc(Cl)cc(-c2cnn(C)c2C)n1. The van der Waals surface area contributed by atoms with E-state index < -0.39 is 0 Å². The summed E-state index contributed by atoms with van der Waals surface area (Å²) in [5.41, 5.74) is 2.74. The first-order valence-corrected chi connectivity index (χ1v) is 5.97. The molecule has 0 saturated heterocycles. The lowest BCUT2D eigenvalue weighted by Gasteiger charge is -2.10. The number of halogens is 1. The van der Waals surface area contributed by atoms with Crippen LogP contribution in [0.1, 0.15) is 24.5 Å². The molecule has 0 spiro atoms. The molecular weight excluding hydrogens is 252 g/mol. The van der Waals surface area contributed by atoms with Crippen molar-refractivity contribution in [2.24, 2.45) is 7.05 Å². The number of nitrogens with zero attached hydrogens (tertiary/aromatic N) is 4. The predicted octanol–water partition coefficient (Wildman–Crippen LogP) is 2.55. The minimum atomic E-state index is -0.195. The summed E-state index contributed by atoms with van der Waals surface area (Å²) in [4.78, 5) is 8.64. The summed E-state index contributed by atoms with van der Waals surface area (Å²) < 4.78 is 7.01. The van der Waals surface area contributed by atoms with Crippen LogP contribution in [0.15, 0.2) is 12.3 Å². The zero-order valence-corrected chi connectivity index (χ0v) is 11.6. The van der Waals surface area contributed by atoms with Gasteiger partial charge in [0.2, 0.25) is 0 Å². The Morgan fingerprint density at radius 2 is 2.11 bits per heavy atom. The van der Waals surface area contributed by atoms with Crippen molar-refractivity contribution in [1.29, 1.82) is 0 Å². The van der Waals surface area contributed by atoms with Gasteiger partial charge in [0, 0.05) is 31.5 Å². The molecule has 2 aromatic rings. The fourth-order valence-electron chi connectivity index (χ4n) is 1.61. The lowest BCUT2D eigenvalue weighted by molar-refractivity contribution is 0.112. The Morgan fingerprint density at radius 3 is 2.67 bits per heavy atom. The van der Waals surface area contributed by atoms with Crippen LogP contribution in [0.3, 0.4) is 0 Å². The van der Waals surface area contributed by atoms with E-state index in [-0.39, 0.29) is 6.10 Å². The van der Waals surface area contributed by atoms with Gasteiger partial charge >= 0.3 is 0 Å². The Morgan fingerprint density at radius 1 is 1.39 bits per heavy atom. The highest BCUT2D eigenvalue weighted by atomic mass is 35.5. The third kappa shape index (κ3) is 2.37. The highest BCUT2D eigenvalue weighted by molar-refractivity contribution is 6.29. The lowest BCUT2D eigenvalue weighted by Crippen LogP contribution is -2.04. The first kappa shape index (κ1) is 13.0. The standard InChI is InChI=1S/C12H15ClN4O/c1-7-9(6-14-17(7)3)10-5-11(13)16-12(15-10)8(2)18-4/h5-6,8H,1-4H3. The molecule has 0 aliphatic rings. The van der Waals surface area contributed by atoms with Gasteiger partial charge in [0.25, 0.3) is 0 Å². The summed E-state index contributed by atoms with van der Waals surface area (Å²) in [5, 5.41) is 4.60. The molecule has 96 valence electrons. The van der Waals surface area contributed by atoms with Crippen LogP contribution in [0.5, 0.6) is 0 Å². The van der Waals surface area contributed by atoms with Gasteiger partial charge in [-0.25, -0.2) is 9.97 Å². The Balaban J connectivity index is 2.51. The normalized spacial score (nSPS) is 12.7. The Labute approximate surface area is 111 Å². The van der Waals surface area contributed by atoms with Gasteiger partial charge < -0.3 is 4.74 Å². The molecule has 0 saturated carbocycles. The fraction of sp³-hybridized carbons (Fsp3) is 0.417. The van der Waals surface area contributed by atoms with Crippen molar-refractivity contribution in [3.05, 3.63) is 28.9 Å². The second kappa shape index (κ2) is 5.04. The molecule has 0 aliphatic carbocycles. The van der Waals surface area contributed by atoms with Gasteiger partial charge in [0.1, 0.15) is 11.3 Å². The third-order valence-electron chi connectivity index (χ3n) is 2.94. The fourth-order valence-corrected chi connectivity index (χ4v) is 1.80. The number of hydrogen-bond donors (Lipinski definition) is 0. The van der Waals surface area contributed by atoms with Crippen LogP contribution >= 0.6 is 11.6 Å². The average Bonchev–Trinajstić information content (AvgIpc) is 2.68. The summed E-state index contributed by atoms with van der Waals surface area (Å²) in [6, 6.07) is 1.73. The van der Waals surface area contributed by atoms with E-state index in [0.29, 0.717) is 11.0 Å². The van der Waals surface area contributed by atoms with Crippen molar-refractivity contribution in [3.63, 3.8) is 0 Å². The van der Waals surface area contributed by atoms with Crippen LogP contribution in [0, 0.1) is 6.92 Å². The van der Waals surface area contributed by atoms with Gasteiger partial charge in [0.15, 0.2) is 5.82 Å². The van der Waals surface area contributed by atoms with Crippen molar-refractivity contribution in [2.75, 3.05) is 7.11 Å². The molecule has 18 heavy (non-hydrogen) atoms. The molecule has 0 bridgehead atoms. The molecular formula is C12H15ClN4O. The zero-order chi connectivity index (χ0) is 13.3. The van der Waals surface area contributed by atoms with Crippen molar-refractivity contribution in [2.45, 2.75) is 20.0 Å². The van der Waals surface area contributed by atoms with E-state index in [2.05, 4.69) is 15.1 Å². The molecule has 0 amide bonds. The highest BCUT2D eigenvalue weighted by Crippen LogP contribution is 2.24. The largest absolute Gasteiger partial charge is 0.374 e. The molecule has 0 radical (unpaired) electrons. The van der Waals surface area contributed by atoms with Crippen molar-refractivity contribution in [1.82, 2.24) is 19.7 Å². The van der Waals surface area contributed by atoms with Crippen molar-refractivity contribution >= 4 is 11.6 Å². The molecule has 2 aromatic heterocycles. The average molecular weight is 267 g/mol. The minimum Gasteiger partial charge on any atom is -0.374 e. The maximum absolute atomic E-state index is 6.03. The molecule has 1 atom stereocenters. The minimum absolute atomic E-state index is 0.195. The molecule has 2 rings (SSSR count). The van der Waals surface area contributed by atoms with Gasteiger partial charge in [-0.15, -0.1) is 0 Å². The second-order valence-corrected chi connectivity index (χ2v) is 4.47. The number of aromatic nitrogens is 4. The zero-order valence-electron chi connectivity index (χ0n) is 10.8. The molecule has 0 aromatic carbocycles. The second-order valence-electron chi connectivity index (χ2n) is 4.08. The summed E-state index contributed by atoms with van der Waals surface area (Å²) >= 11 is 6.03. The van der Waals surface area contributed by atoms with Gasteiger partial charge in [-0.3, -0.25) is 4.68 Å². The number of hydrogen-bond acceptors (Lipinski definition) is 4. The van der Waals surface area contributed by atoms with Crippen LogP contribution in [0.2, 0.25) is 5.15 Å². The topological polar surface area (TPSA) is 52.8 Å². The predicted molar refractivity (Wildman–Crippen MR) is 69.4 cm³/mol. The summed E-state index contributed by atoms with van der Waals surface area (Å²) in [5.74, 6) is 0.572. The van der Waals surface area contributed by atoms with Gasteiger partial charge in [-0.05, 0) is 13.8 Å². The number of ether oxygens (including phenoxy) is 1. The van der Waals surface area contributed by atoms with Crippen LogP contribution in [-0.4, -0.2) is 26.9 Å². The van der Waals surface area contributed by atoms with E-state index in [9.17, 15) is 0 Å². The number of rotatable bonds is 3.